The molecule has 4 heteroatoms. The largest absolute Gasteiger partial charge is 0.269 e. The number of nitro benzene ring substituents is 1. The Kier molecular flexibility index (Phi) is 3.60. The van der Waals surface area contributed by atoms with Crippen LogP contribution in [0.4, 0.5) is 5.69 Å². The van der Waals surface area contributed by atoms with Crippen LogP contribution in [-0.2, 0) is 0 Å². The fraction of sp³-hybridized carbons (Fsp3) is 0.118. The first kappa shape index (κ1) is 13.2. The molecule has 0 saturated heterocycles. The summed E-state index contributed by atoms with van der Waals surface area (Å²) in [6.07, 6.45) is 3.05. The van der Waals surface area contributed by atoms with Crippen LogP contribution in [0.15, 0.2) is 60.2 Å². The standard InChI is InChI=1S/C17H14N2O2/c20-19(21)16-8-6-13(7-9-16)12-15-10-11-18-17(15)14-4-2-1-3-5-14/h1-9,12H,10-11H2/p+1/b15-12+. The quantitative estimate of drug-likeness (QED) is 0.689. The van der Waals surface area contributed by atoms with Crippen molar-refractivity contribution in [1.82, 2.24) is 0 Å². The van der Waals surface area contributed by atoms with Crippen LogP contribution >= 0.6 is 0 Å². The predicted molar refractivity (Wildman–Crippen MR) is 82.1 cm³/mol. The Morgan fingerprint density at radius 2 is 1.76 bits per heavy atom. The van der Waals surface area contributed by atoms with E-state index in [-0.39, 0.29) is 10.6 Å². The zero-order chi connectivity index (χ0) is 14.7. The first-order chi connectivity index (χ1) is 10.2. The summed E-state index contributed by atoms with van der Waals surface area (Å²) >= 11 is 0. The zero-order valence-corrected chi connectivity index (χ0v) is 11.5. The van der Waals surface area contributed by atoms with Gasteiger partial charge in [-0.1, -0.05) is 18.2 Å². The molecular weight excluding hydrogens is 264 g/mol. The first-order valence-electron chi connectivity index (χ1n) is 6.86. The van der Waals surface area contributed by atoms with Gasteiger partial charge >= 0.3 is 0 Å². The highest BCUT2D eigenvalue weighted by Gasteiger charge is 2.21. The highest BCUT2D eigenvalue weighted by atomic mass is 16.6. The fourth-order valence-electron chi connectivity index (χ4n) is 2.49. The van der Waals surface area contributed by atoms with E-state index in [4.69, 9.17) is 0 Å². The molecule has 0 aliphatic carbocycles. The van der Waals surface area contributed by atoms with E-state index in [1.165, 1.54) is 23.3 Å². The van der Waals surface area contributed by atoms with Crippen LogP contribution in [0.3, 0.4) is 0 Å². The molecule has 0 atom stereocenters. The number of nitrogens with one attached hydrogen (secondary N) is 1. The summed E-state index contributed by atoms with van der Waals surface area (Å²) in [5.74, 6) is 0. The average Bonchev–Trinajstić information content (AvgIpc) is 2.97. The Hall–Kier alpha value is -2.75. The molecule has 1 aliphatic rings. The Morgan fingerprint density at radius 1 is 1.05 bits per heavy atom. The number of nitro groups is 1. The lowest BCUT2D eigenvalue weighted by Crippen LogP contribution is -2.69. The number of non-ortho nitro benzene ring substituents is 1. The summed E-state index contributed by atoms with van der Waals surface area (Å²) in [7, 11) is 0. The Morgan fingerprint density at radius 3 is 2.43 bits per heavy atom. The molecule has 0 fully saturated rings. The topological polar surface area (TPSA) is 57.1 Å². The Bertz CT molecular complexity index is 716. The first-order valence-corrected chi connectivity index (χ1v) is 6.86. The number of hydrogen-bond acceptors (Lipinski definition) is 2. The van der Waals surface area contributed by atoms with E-state index < -0.39 is 0 Å². The fourth-order valence-corrected chi connectivity index (χ4v) is 2.49. The molecular formula is C17H15N2O2+. The molecule has 0 saturated carbocycles. The maximum atomic E-state index is 10.7. The van der Waals surface area contributed by atoms with Gasteiger partial charge in [0, 0.05) is 29.7 Å². The maximum Gasteiger partial charge on any atom is 0.269 e. The van der Waals surface area contributed by atoms with E-state index in [9.17, 15) is 10.1 Å². The Balaban J connectivity index is 1.89. The highest BCUT2D eigenvalue weighted by molar-refractivity contribution is 6.12. The average molecular weight is 279 g/mol. The van der Waals surface area contributed by atoms with E-state index in [1.807, 2.05) is 18.2 Å². The van der Waals surface area contributed by atoms with Gasteiger partial charge in [0.25, 0.3) is 5.69 Å². The third kappa shape index (κ3) is 2.89. The SMILES string of the molecule is O=[N+]([O-])c1ccc(/C=C2\CC[NH+]=C2c2ccccc2)cc1. The van der Waals surface area contributed by atoms with Crippen molar-refractivity contribution in [3.05, 3.63) is 81.4 Å². The minimum absolute atomic E-state index is 0.119. The van der Waals surface area contributed by atoms with Crippen LogP contribution in [0.25, 0.3) is 6.08 Å². The molecule has 0 bridgehead atoms. The van der Waals surface area contributed by atoms with Gasteiger partial charge < -0.3 is 0 Å². The predicted octanol–water partition coefficient (Wildman–Crippen LogP) is 1.95. The van der Waals surface area contributed by atoms with Gasteiger partial charge in [-0.25, -0.2) is 4.99 Å². The molecule has 104 valence electrons. The summed E-state index contributed by atoms with van der Waals surface area (Å²) in [5, 5.41) is 10.7. The lowest BCUT2D eigenvalue weighted by Gasteiger charge is -2.00. The number of rotatable bonds is 3. The summed E-state index contributed by atoms with van der Waals surface area (Å²) in [4.78, 5) is 13.7. The van der Waals surface area contributed by atoms with E-state index in [1.54, 1.807) is 12.1 Å². The Labute approximate surface area is 122 Å². The van der Waals surface area contributed by atoms with Crippen molar-refractivity contribution >= 4 is 17.5 Å². The monoisotopic (exact) mass is 279 g/mol. The van der Waals surface area contributed by atoms with E-state index in [2.05, 4.69) is 23.2 Å². The second-order valence-corrected chi connectivity index (χ2v) is 4.94. The van der Waals surface area contributed by atoms with Gasteiger partial charge in [-0.05, 0) is 35.9 Å². The van der Waals surface area contributed by atoms with Crippen molar-refractivity contribution < 1.29 is 9.92 Å². The lowest BCUT2D eigenvalue weighted by atomic mass is 10.00. The maximum absolute atomic E-state index is 10.7. The third-order valence-electron chi connectivity index (χ3n) is 3.52. The molecule has 0 spiro atoms. The normalized spacial score (nSPS) is 16.0. The smallest absolute Gasteiger partial charge is 0.258 e. The lowest BCUT2D eigenvalue weighted by molar-refractivity contribution is -0.446. The van der Waals surface area contributed by atoms with Crippen molar-refractivity contribution in [1.29, 1.82) is 0 Å². The third-order valence-corrected chi connectivity index (χ3v) is 3.52. The summed E-state index contributed by atoms with van der Waals surface area (Å²) in [6.45, 7) is 0.920. The van der Waals surface area contributed by atoms with Crippen LogP contribution < -0.4 is 4.99 Å². The van der Waals surface area contributed by atoms with Crippen LogP contribution in [0.1, 0.15) is 17.5 Å². The van der Waals surface area contributed by atoms with Gasteiger partial charge in [-0.3, -0.25) is 10.1 Å². The number of hydrogen-bond donors (Lipinski definition) is 1. The van der Waals surface area contributed by atoms with E-state index >= 15 is 0 Å². The van der Waals surface area contributed by atoms with Gasteiger partial charge in [0.05, 0.1) is 4.92 Å². The van der Waals surface area contributed by atoms with Crippen LogP contribution in [-0.4, -0.2) is 17.2 Å². The molecule has 0 unspecified atom stereocenters. The van der Waals surface area contributed by atoms with Crippen molar-refractivity contribution in [2.24, 2.45) is 0 Å². The van der Waals surface area contributed by atoms with Gasteiger partial charge in [0.1, 0.15) is 6.54 Å². The molecule has 0 amide bonds. The summed E-state index contributed by atoms with van der Waals surface area (Å²) < 4.78 is 0. The molecule has 3 rings (SSSR count). The molecule has 4 nitrogen and oxygen atoms in total. The molecule has 1 heterocycles. The second kappa shape index (κ2) is 5.71. The second-order valence-electron chi connectivity index (χ2n) is 4.94. The molecule has 21 heavy (non-hydrogen) atoms. The summed E-state index contributed by atoms with van der Waals surface area (Å²) in [6, 6.07) is 16.8. The van der Waals surface area contributed by atoms with Crippen LogP contribution in [0, 0.1) is 10.1 Å². The van der Waals surface area contributed by atoms with Gasteiger partial charge in [0.15, 0.2) is 0 Å². The van der Waals surface area contributed by atoms with E-state index in [0.717, 1.165) is 24.2 Å². The van der Waals surface area contributed by atoms with Crippen molar-refractivity contribution in [3.63, 3.8) is 0 Å². The van der Waals surface area contributed by atoms with E-state index in [0.29, 0.717) is 0 Å². The molecule has 0 aromatic heterocycles. The molecule has 2 aromatic rings. The minimum atomic E-state index is -0.379. The highest BCUT2D eigenvalue weighted by Crippen LogP contribution is 2.18. The van der Waals surface area contributed by atoms with Crippen molar-refractivity contribution in [2.45, 2.75) is 6.42 Å². The van der Waals surface area contributed by atoms with Crippen LogP contribution in [0.5, 0.6) is 0 Å². The van der Waals surface area contributed by atoms with Crippen molar-refractivity contribution in [2.75, 3.05) is 6.54 Å². The molecule has 1 aliphatic heterocycles. The number of benzene rings is 2. The van der Waals surface area contributed by atoms with Gasteiger partial charge in [-0.15, -0.1) is 0 Å². The molecule has 1 N–H and O–H groups in total. The van der Waals surface area contributed by atoms with Gasteiger partial charge in [0.2, 0.25) is 5.71 Å². The van der Waals surface area contributed by atoms with Gasteiger partial charge in [-0.2, -0.15) is 0 Å². The molecule has 0 radical (unpaired) electrons. The summed E-state index contributed by atoms with van der Waals surface area (Å²) in [5.41, 5.74) is 4.65. The minimum Gasteiger partial charge on any atom is -0.258 e. The number of nitrogens with zero attached hydrogens (tertiary/aromatic N) is 1. The zero-order valence-electron chi connectivity index (χ0n) is 11.5. The molecule has 2 aromatic carbocycles. The van der Waals surface area contributed by atoms with Crippen molar-refractivity contribution in [3.8, 4) is 0 Å². The van der Waals surface area contributed by atoms with Crippen LogP contribution in [0.2, 0.25) is 0 Å².